The second-order valence-corrected chi connectivity index (χ2v) is 3.92. The molecule has 0 saturated heterocycles. The molecular weight excluding hydrogens is 202 g/mol. The zero-order valence-electron chi connectivity index (χ0n) is 8.19. The summed E-state index contributed by atoms with van der Waals surface area (Å²) in [6.07, 6.45) is 0.901. The maximum Gasteiger partial charge on any atom is 0.205 e. The van der Waals surface area contributed by atoms with E-state index in [9.17, 15) is 0 Å². The Kier molecular flexibility index (Phi) is 5.43. The number of nitrogens with one attached hydrogen (secondary N) is 1. The zero-order chi connectivity index (χ0) is 10.2. The molecule has 0 saturated carbocycles. The molecule has 6 heteroatoms. The summed E-state index contributed by atoms with van der Waals surface area (Å²) < 4.78 is 5.10. The SMILES string of the molecule is Cc1nnc(NCCCOCCO)s1. The molecule has 0 aliphatic heterocycles. The molecule has 0 aromatic carbocycles. The number of rotatable bonds is 7. The minimum atomic E-state index is 0.0863. The number of nitrogens with zero attached hydrogens (tertiary/aromatic N) is 2. The third-order valence-corrected chi connectivity index (χ3v) is 2.30. The molecule has 0 bridgehead atoms. The predicted molar refractivity (Wildman–Crippen MR) is 55.7 cm³/mol. The highest BCUT2D eigenvalue weighted by Crippen LogP contribution is 2.12. The molecule has 80 valence electrons. The molecule has 0 aliphatic rings. The maximum absolute atomic E-state index is 8.45. The van der Waals surface area contributed by atoms with E-state index in [4.69, 9.17) is 9.84 Å². The van der Waals surface area contributed by atoms with Crippen molar-refractivity contribution >= 4 is 16.5 Å². The normalized spacial score (nSPS) is 10.4. The van der Waals surface area contributed by atoms with Crippen molar-refractivity contribution in [3.63, 3.8) is 0 Å². The van der Waals surface area contributed by atoms with Crippen LogP contribution in [0.25, 0.3) is 0 Å². The molecule has 0 radical (unpaired) electrons. The van der Waals surface area contributed by atoms with Gasteiger partial charge in [0.05, 0.1) is 13.2 Å². The van der Waals surface area contributed by atoms with Crippen molar-refractivity contribution in [3.8, 4) is 0 Å². The molecule has 0 fully saturated rings. The van der Waals surface area contributed by atoms with Gasteiger partial charge in [-0.05, 0) is 13.3 Å². The number of ether oxygens (including phenoxy) is 1. The van der Waals surface area contributed by atoms with Crippen molar-refractivity contribution in [2.24, 2.45) is 0 Å². The van der Waals surface area contributed by atoms with Gasteiger partial charge in [0.15, 0.2) is 0 Å². The van der Waals surface area contributed by atoms with Gasteiger partial charge in [0.25, 0.3) is 0 Å². The van der Waals surface area contributed by atoms with Crippen molar-refractivity contribution in [1.29, 1.82) is 0 Å². The lowest BCUT2D eigenvalue weighted by atomic mass is 10.4. The minimum Gasteiger partial charge on any atom is -0.394 e. The topological polar surface area (TPSA) is 67.3 Å². The van der Waals surface area contributed by atoms with Gasteiger partial charge in [-0.3, -0.25) is 0 Å². The third kappa shape index (κ3) is 4.50. The quantitative estimate of drug-likeness (QED) is 0.657. The van der Waals surface area contributed by atoms with Crippen molar-refractivity contribution < 1.29 is 9.84 Å². The second-order valence-electron chi connectivity index (χ2n) is 2.74. The number of hydrogen-bond donors (Lipinski definition) is 2. The summed E-state index contributed by atoms with van der Waals surface area (Å²) in [6.45, 7) is 3.90. The Balaban J connectivity index is 1.99. The molecule has 1 aromatic rings. The van der Waals surface area contributed by atoms with Crippen LogP contribution in [0, 0.1) is 6.92 Å². The Morgan fingerprint density at radius 2 is 2.29 bits per heavy atom. The van der Waals surface area contributed by atoms with Crippen LogP contribution in [-0.2, 0) is 4.74 Å². The Morgan fingerprint density at radius 1 is 1.43 bits per heavy atom. The van der Waals surface area contributed by atoms with Gasteiger partial charge in [-0.1, -0.05) is 11.3 Å². The summed E-state index contributed by atoms with van der Waals surface area (Å²) in [5.41, 5.74) is 0. The Hall–Kier alpha value is -0.720. The van der Waals surface area contributed by atoms with E-state index in [0.717, 1.165) is 23.1 Å². The molecule has 1 heterocycles. The van der Waals surface area contributed by atoms with Gasteiger partial charge < -0.3 is 15.2 Å². The number of aryl methyl sites for hydroxylation is 1. The Labute approximate surface area is 87.1 Å². The van der Waals surface area contributed by atoms with E-state index in [0.29, 0.717) is 13.2 Å². The van der Waals surface area contributed by atoms with Gasteiger partial charge in [0, 0.05) is 13.2 Å². The molecule has 1 rings (SSSR count). The lowest BCUT2D eigenvalue weighted by Gasteiger charge is -2.02. The van der Waals surface area contributed by atoms with E-state index in [-0.39, 0.29) is 6.61 Å². The highest BCUT2D eigenvalue weighted by molar-refractivity contribution is 7.15. The molecule has 1 aromatic heterocycles. The number of hydrogen-bond acceptors (Lipinski definition) is 6. The minimum absolute atomic E-state index is 0.0863. The van der Waals surface area contributed by atoms with Crippen LogP contribution in [0.2, 0.25) is 0 Å². The van der Waals surface area contributed by atoms with Crippen LogP contribution in [-0.4, -0.2) is 41.7 Å². The average Bonchev–Trinajstić information content (AvgIpc) is 2.58. The second kappa shape index (κ2) is 6.69. The smallest absolute Gasteiger partial charge is 0.205 e. The van der Waals surface area contributed by atoms with Gasteiger partial charge in [0.1, 0.15) is 5.01 Å². The lowest BCUT2D eigenvalue weighted by Crippen LogP contribution is -2.07. The Bertz CT molecular complexity index is 254. The maximum atomic E-state index is 8.45. The fourth-order valence-electron chi connectivity index (χ4n) is 0.904. The number of aliphatic hydroxyl groups excluding tert-OH is 1. The van der Waals surface area contributed by atoms with Crippen LogP contribution in [0.4, 0.5) is 5.13 Å². The predicted octanol–water partition coefficient (Wildman–Crippen LogP) is 0.657. The van der Waals surface area contributed by atoms with E-state index in [2.05, 4.69) is 15.5 Å². The molecule has 5 nitrogen and oxygen atoms in total. The van der Waals surface area contributed by atoms with E-state index < -0.39 is 0 Å². The molecule has 0 atom stereocenters. The summed E-state index contributed by atoms with van der Waals surface area (Å²) in [4.78, 5) is 0. The fourth-order valence-corrected chi connectivity index (χ4v) is 1.52. The standard InChI is InChI=1S/C8H15N3O2S/c1-7-10-11-8(14-7)9-3-2-5-13-6-4-12/h12H,2-6H2,1H3,(H,9,11). The van der Waals surface area contributed by atoms with Crippen molar-refractivity contribution in [2.75, 3.05) is 31.7 Å². The Morgan fingerprint density at radius 3 is 2.93 bits per heavy atom. The van der Waals surface area contributed by atoms with Crippen molar-refractivity contribution in [2.45, 2.75) is 13.3 Å². The number of anilines is 1. The van der Waals surface area contributed by atoms with Gasteiger partial charge in [-0.25, -0.2) is 0 Å². The summed E-state index contributed by atoms with van der Waals surface area (Å²) >= 11 is 1.54. The molecule has 14 heavy (non-hydrogen) atoms. The first-order chi connectivity index (χ1) is 6.83. The summed E-state index contributed by atoms with van der Waals surface area (Å²) in [7, 11) is 0. The first-order valence-corrected chi connectivity index (χ1v) is 5.37. The molecule has 0 amide bonds. The molecule has 2 N–H and O–H groups in total. The van der Waals surface area contributed by atoms with Crippen LogP contribution in [0.5, 0.6) is 0 Å². The van der Waals surface area contributed by atoms with Gasteiger partial charge in [-0.2, -0.15) is 0 Å². The molecule has 0 unspecified atom stereocenters. The van der Waals surface area contributed by atoms with Crippen LogP contribution in [0.1, 0.15) is 11.4 Å². The fraction of sp³-hybridized carbons (Fsp3) is 0.750. The summed E-state index contributed by atoms with van der Waals surface area (Å²) in [6, 6.07) is 0. The van der Waals surface area contributed by atoms with E-state index in [1.165, 1.54) is 0 Å². The molecule has 0 aliphatic carbocycles. The van der Waals surface area contributed by atoms with E-state index in [1.54, 1.807) is 11.3 Å². The first-order valence-electron chi connectivity index (χ1n) is 4.55. The highest BCUT2D eigenvalue weighted by Gasteiger charge is 1.97. The largest absolute Gasteiger partial charge is 0.394 e. The number of aromatic nitrogens is 2. The van der Waals surface area contributed by atoms with Crippen LogP contribution in [0.15, 0.2) is 0 Å². The third-order valence-electron chi connectivity index (χ3n) is 1.50. The lowest BCUT2D eigenvalue weighted by molar-refractivity contribution is 0.0922. The van der Waals surface area contributed by atoms with Crippen LogP contribution in [0.3, 0.4) is 0 Å². The zero-order valence-corrected chi connectivity index (χ0v) is 9.01. The summed E-state index contributed by atoms with van der Waals surface area (Å²) in [5, 5.41) is 21.2. The monoisotopic (exact) mass is 217 g/mol. The molecular formula is C8H15N3O2S. The van der Waals surface area contributed by atoms with Crippen molar-refractivity contribution in [3.05, 3.63) is 5.01 Å². The van der Waals surface area contributed by atoms with Gasteiger partial charge in [0.2, 0.25) is 5.13 Å². The van der Waals surface area contributed by atoms with E-state index in [1.807, 2.05) is 6.92 Å². The van der Waals surface area contributed by atoms with E-state index >= 15 is 0 Å². The first kappa shape index (κ1) is 11.4. The highest BCUT2D eigenvalue weighted by atomic mass is 32.1. The molecule has 0 spiro atoms. The number of aliphatic hydroxyl groups is 1. The van der Waals surface area contributed by atoms with Crippen LogP contribution < -0.4 is 5.32 Å². The summed E-state index contributed by atoms with van der Waals surface area (Å²) in [5.74, 6) is 0. The van der Waals surface area contributed by atoms with Crippen LogP contribution >= 0.6 is 11.3 Å². The van der Waals surface area contributed by atoms with Gasteiger partial charge in [-0.15, -0.1) is 10.2 Å². The van der Waals surface area contributed by atoms with Gasteiger partial charge >= 0.3 is 0 Å². The van der Waals surface area contributed by atoms with Crippen molar-refractivity contribution in [1.82, 2.24) is 10.2 Å². The average molecular weight is 217 g/mol.